The Balaban J connectivity index is 1.26. The minimum atomic E-state index is -0.642. The van der Waals surface area contributed by atoms with E-state index in [1.165, 1.54) is 50.1 Å². The lowest BCUT2D eigenvalue weighted by Crippen LogP contribution is -2.51. The van der Waals surface area contributed by atoms with Crippen LogP contribution >= 0.6 is 0 Å². The number of benzene rings is 1. The van der Waals surface area contributed by atoms with Crippen molar-refractivity contribution in [2.45, 2.75) is 63.6 Å². The van der Waals surface area contributed by atoms with Crippen LogP contribution in [0.4, 0.5) is 4.79 Å². The van der Waals surface area contributed by atoms with Crippen LogP contribution in [0.3, 0.4) is 0 Å². The van der Waals surface area contributed by atoms with Crippen LogP contribution in [0.25, 0.3) is 0 Å². The number of urea groups is 1. The number of amides is 4. The van der Waals surface area contributed by atoms with Crippen LogP contribution in [0.5, 0.6) is 5.75 Å². The van der Waals surface area contributed by atoms with Gasteiger partial charge in [0.15, 0.2) is 0 Å². The van der Waals surface area contributed by atoms with Gasteiger partial charge in [0.2, 0.25) is 5.91 Å². The number of ether oxygens (including phenoxy) is 1. The van der Waals surface area contributed by atoms with E-state index in [1.807, 2.05) is 24.1 Å². The van der Waals surface area contributed by atoms with Crippen molar-refractivity contribution in [3.63, 3.8) is 0 Å². The predicted octanol–water partition coefficient (Wildman–Crippen LogP) is 2.62. The van der Waals surface area contributed by atoms with E-state index in [0.29, 0.717) is 18.4 Å². The molecule has 0 spiro atoms. The van der Waals surface area contributed by atoms with Gasteiger partial charge >= 0.3 is 6.03 Å². The molecule has 4 amide bonds. The average molecular weight is 457 g/mol. The lowest BCUT2D eigenvalue weighted by atomic mass is 9.83. The van der Waals surface area contributed by atoms with Gasteiger partial charge in [0.25, 0.3) is 5.91 Å². The topological polar surface area (TPSA) is 82.2 Å². The van der Waals surface area contributed by atoms with Gasteiger partial charge in [0.05, 0.1) is 13.7 Å². The number of carbonyl (C=O) groups excluding carboxylic acids is 3. The van der Waals surface area contributed by atoms with Gasteiger partial charge in [-0.3, -0.25) is 14.5 Å². The van der Waals surface area contributed by atoms with Crippen LogP contribution in [-0.2, 0) is 16.1 Å². The van der Waals surface area contributed by atoms with Gasteiger partial charge in [0, 0.05) is 26.1 Å². The second kappa shape index (κ2) is 10.5. The lowest BCUT2D eigenvalue weighted by Gasteiger charge is -2.45. The summed E-state index contributed by atoms with van der Waals surface area (Å²) in [5.74, 6) is 1.02. The van der Waals surface area contributed by atoms with Gasteiger partial charge in [-0.1, -0.05) is 18.6 Å². The maximum Gasteiger partial charge on any atom is 0.325 e. The minimum absolute atomic E-state index is 0.0404. The summed E-state index contributed by atoms with van der Waals surface area (Å²) >= 11 is 0. The van der Waals surface area contributed by atoms with Gasteiger partial charge in [0.1, 0.15) is 11.8 Å². The van der Waals surface area contributed by atoms with Crippen LogP contribution in [0.15, 0.2) is 24.3 Å². The van der Waals surface area contributed by atoms with Crippen molar-refractivity contribution in [3.05, 3.63) is 29.8 Å². The van der Waals surface area contributed by atoms with E-state index in [-0.39, 0.29) is 24.8 Å². The lowest BCUT2D eigenvalue weighted by molar-refractivity contribution is -0.132. The third kappa shape index (κ3) is 5.49. The summed E-state index contributed by atoms with van der Waals surface area (Å²) in [5, 5.41) is 2.74. The molecule has 1 aromatic rings. The quantitative estimate of drug-likeness (QED) is 0.608. The highest BCUT2D eigenvalue weighted by Gasteiger charge is 2.38. The molecule has 0 aromatic heterocycles. The van der Waals surface area contributed by atoms with Crippen LogP contribution in [0.2, 0.25) is 0 Å². The maximum absolute atomic E-state index is 12.8. The highest BCUT2D eigenvalue weighted by atomic mass is 16.5. The molecule has 3 heterocycles. The SMILES string of the molecule is COc1ccc(CN2C(=O)NC(CCC(=O)N(C)C[C@@H]3CCCN4CCCC[C@H]34)C2=O)cc1. The molecule has 3 atom stereocenters. The summed E-state index contributed by atoms with van der Waals surface area (Å²) in [4.78, 5) is 43.6. The van der Waals surface area contributed by atoms with Gasteiger partial charge in [-0.15, -0.1) is 0 Å². The van der Waals surface area contributed by atoms with Crippen LogP contribution < -0.4 is 10.1 Å². The molecular weight excluding hydrogens is 420 g/mol. The third-order valence-corrected chi connectivity index (χ3v) is 7.42. The number of fused-ring (bicyclic) bond motifs is 1. The van der Waals surface area contributed by atoms with E-state index in [4.69, 9.17) is 4.74 Å². The molecule has 1 unspecified atom stereocenters. The Labute approximate surface area is 196 Å². The highest BCUT2D eigenvalue weighted by Crippen LogP contribution is 2.31. The molecule has 33 heavy (non-hydrogen) atoms. The van der Waals surface area contributed by atoms with E-state index in [0.717, 1.165) is 17.9 Å². The average Bonchev–Trinajstić information content (AvgIpc) is 3.10. The Kier molecular flexibility index (Phi) is 7.53. The van der Waals surface area contributed by atoms with Crippen LogP contribution in [-0.4, -0.2) is 78.4 Å². The smallest absolute Gasteiger partial charge is 0.325 e. The number of methoxy groups -OCH3 is 1. The van der Waals surface area contributed by atoms with E-state index in [9.17, 15) is 14.4 Å². The van der Waals surface area contributed by atoms with Crippen molar-refractivity contribution >= 4 is 17.8 Å². The molecule has 3 saturated heterocycles. The fourth-order valence-electron chi connectivity index (χ4n) is 5.54. The fraction of sp³-hybridized carbons (Fsp3) is 0.640. The minimum Gasteiger partial charge on any atom is -0.497 e. The second-order valence-electron chi connectivity index (χ2n) is 9.59. The molecule has 0 saturated carbocycles. The van der Waals surface area contributed by atoms with Crippen LogP contribution in [0.1, 0.15) is 50.5 Å². The first kappa shape index (κ1) is 23.5. The largest absolute Gasteiger partial charge is 0.497 e. The molecule has 3 aliphatic rings. The number of imide groups is 1. The molecule has 3 fully saturated rings. The fourth-order valence-corrected chi connectivity index (χ4v) is 5.54. The highest BCUT2D eigenvalue weighted by molar-refractivity contribution is 6.04. The van der Waals surface area contributed by atoms with Crippen molar-refractivity contribution in [2.24, 2.45) is 5.92 Å². The molecule has 1 N–H and O–H groups in total. The molecular formula is C25H36N4O4. The number of hydrogen-bond donors (Lipinski definition) is 1. The first-order valence-corrected chi connectivity index (χ1v) is 12.2. The molecule has 3 aliphatic heterocycles. The number of carbonyl (C=O) groups is 3. The van der Waals surface area contributed by atoms with Crippen molar-refractivity contribution in [1.29, 1.82) is 0 Å². The Morgan fingerprint density at radius 3 is 2.64 bits per heavy atom. The Morgan fingerprint density at radius 2 is 1.88 bits per heavy atom. The molecule has 0 aliphatic carbocycles. The zero-order valence-corrected chi connectivity index (χ0v) is 19.8. The third-order valence-electron chi connectivity index (χ3n) is 7.42. The van der Waals surface area contributed by atoms with Gasteiger partial charge < -0.3 is 19.9 Å². The summed E-state index contributed by atoms with van der Waals surface area (Å²) in [6, 6.07) is 6.84. The number of nitrogens with one attached hydrogen (secondary N) is 1. The zero-order chi connectivity index (χ0) is 23.4. The number of nitrogens with zero attached hydrogens (tertiary/aromatic N) is 3. The number of piperidine rings is 2. The maximum atomic E-state index is 12.8. The molecule has 8 nitrogen and oxygen atoms in total. The summed E-state index contributed by atoms with van der Waals surface area (Å²) < 4.78 is 5.15. The second-order valence-corrected chi connectivity index (χ2v) is 9.59. The standard InChI is InChI=1S/C25H36N4O4/c1-27(17-19-6-5-15-28-14-4-3-7-22(19)28)23(30)13-12-21-24(31)29(25(32)26-21)16-18-8-10-20(33-2)11-9-18/h8-11,19,21-22H,3-7,12-17H2,1-2H3,(H,26,32)/t19-,21?,22+/m0/s1. The summed E-state index contributed by atoms with van der Waals surface area (Å²) in [5.41, 5.74) is 0.847. The van der Waals surface area contributed by atoms with Gasteiger partial charge in [-0.05, 0) is 68.8 Å². The zero-order valence-electron chi connectivity index (χ0n) is 19.8. The van der Waals surface area contributed by atoms with Crippen molar-refractivity contribution < 1.29 is 19.1 Å². The monoisotopic (exact) mass is 456 g/mol. The summed E-state index contributed by atoms with van der Waals surface area (Å²) in [6.45, 7) is 3.36. The van der Waals surface area contributed by atoms with E-state index in [1.54, 1.807) is 19.2 Å². The normalized spacial score (nSPS) is 25.5. The molecule has 1 aromatic carbocycles. The van der Waals surface area contributed by atoms with Gasteiger partial charge in [-0.2, -0.15) is 0 Å². The molecule has 4 rings (SSSR count). The van der Waals surface area contributed by atoms with E-state index >= 15 is 0 Å². The van der Waals surface area contributed by atoms with Crippen molar-refractivity contribution in [2.75, 3.05) is 33.8 Å². The summed E-state index contributed by atoms with van der Waals surface area (Å²) in [6.07, 6.45) is 6.77. The number of hydrogen-bond acceptors (Lipinski definition) is 5. The molecule has 8 heteroatoms. The van der Waals surface area contributed by atoms with Crippen LogP contribution in [0, 0.1) is 5.92 Å². The summed E-state index contributed by atoms with van der Waals surface area (Å²) in [7, 11) is 3.46. The Bertz CT molecular complexity index is 856. The Hall–Kier alpha value is -2.61. The van der Waals surface area contributed by atoms with E-state index < -0.39 is 12.1 Å². The first-order chi connectivity index (χ1) is 16.0. The Morgan fingerprint density at radius 1 is 1.12 bits per heavy atom. The van der Waals surface area contributed by atoms with Gasteiger partial charge in [-0.25, -0.2) is 4.79 Å². The molecule has 0 radical (unpaired) electrons. The van der Waals surface area contributed by atoms with E-state index in [2.05, 4.69) is 10.2 Å². The van der Waals surface area contributed by atoms with Crippen molar-refractivity contribution in [3.8, 4) is 5.75 Å². The molecule has 180 valence electrons. The number of rotatable bonds is 8. The first-order valence-electron chi connectivity index (χ1n) is 12.2. The predicted molar refractivity (Wildman–Crippen MR) is 125 cm³/mol. The van der Waals surface area contributed by atoms with Crippen molar-refractivity contribution in [1.82, 2.24) is 20.0 Å². The molecule has 0 bridgehead atoms.